The van der Waals surface area contributed by atoms with Crippen LogP contribution in [-0.2, 0) is 0 Å². The highest BCUT2D eigenvalue weighted by atomic mass is 79.9. The molecule has 1 rings (SSSR count). The van der Waals surface area contributed by atoms with Gasteiger partial charge >= 0.3 is 0 Å². The highest BCUT2D eigenvalue weighted by molar-refractivity contribution is 9.09. The van der Waals surface area contributed by atoms with Crippen LogP contribution in [-0.4, -0.2) is 25.7 Å². The quantitative estimate of drug-likeness (QED) is 0.773. The second-order valence-corrected chi connectivity index (χ2v) is 3.78. The van der Waals surface area contributed by atoms with Crippen LogP contribution in [0.15, 0.2) is 18.2 Å². The molecule has 0 aliphatic heterocycles. The topological polar surface area (TPSA) is 27.7 Å². The predicted molar refractivity (Wildman–Crippen MR) is 63.4 cm³/mol. The van der Waals surface area contributed by atoms with Crippen LogP contribution in [0.3, 0.4) is 0 Å². The van der Waals surface area contributed by atoms with Crippen LogP contribution in [0.5, 0.6) is 17.2 Å². The molecule has 0 saturated carbocycles. The molecule has 84 valence electrons. The molecule has 0 aliphatic carbocycles. The fraction of sp³-hybridized carbons (Fsp3) is 0.455. The Balaban J connectivity index is 2.86. The summed E-state index contributed by atoms with van der Waals surface area (Å²) in [6, 6.07) is 5.48. The van der Waals surface area contributed by atoms with Gasteiger partial charge in [-0.25, -0.2) is 0 Å². The number of ether oxygens (including phenoxy) is 3. The molecule has 1 unspecified atom stereocenters. The van der Waals surface area contributed by atoms with E-state index in [1.54, 1.807) is 14.2 Å². The van der Waals surface area contributed by atoms with Gasteiger partial charge in [0.2, 0.25) is 0 Å². The minimum absolute atomic E-state index is 0.113. The van der Waals surface area contributed by atoms with Gasteiger partial charge in [-0.15, -0.1) is 0 Å². The Hall–Kier alpha value is -0.900. The first kappa shape index (κ1) is 12.2. The smallest absolute Gasteiger partial charge is 0.127 e. The van der Waals surface area contributed by atoms with E-state index < -0.39 is 0 Å². The summed E-state index contributed by atoms with van der Waals surface area (Å²) in [6.07, 6.45) is 0.113. The first-order valence-corrected chi connectivity index (χ1v) is 5.77. The van der Waals surface area contributed by atoms with Crippen LogP contribution in [0, 0.1) is 0 Å². The number of benzene rings is 1. The fourth-order valence-corrected chi connectivity index (χ4v) is 1.25. The second kappa shape index (κ2) is 5.85. The number of halogens is 1. The summed E-state index contributed by atoms with van der Waals surface area (Å²) < 4.78 is 15.9. The molecule has 4 heteroatoms. The maximum atomic E-state index is 5.64. The Morgan fingerprint density at radius 2 is 1.53 bits per heavy atom. The molecule has 0 bridgehead atoms. The molecule has 15 heavy (non-hydrogen) atoms. The number of alkyl halides is 1. The van der Waals surface area contributed by atoms with Crippen molar-refractivity contribution in [1.29, 1.82) is 0 Å². The highest BCUT2D eigenvalue weighted by Gasteiger charge is 2.06. The van der Waals surface area contributed by atoms with Crippen LogP contribution in [0.4, 0.5) is 0 Å². The lowest BCUT2D eigenvalue weighted by Gasteiger charge is -2.13. The van der Waals surface area contributed by atoms with Crippen molar-refractivity contribution in [2.24, 2.45) is 0 Å². The number of hydrogen-bond acceptors (Lipinski definition) is 3. The molecule has 0 spiro atoms. The monoisotopic (exact) mass is 274 g/mol. The van der Waals surface area contributed by atoms with Crippen molar-refractivity contribution >= 4 is 15.9 Å². The molecule has 0 saturated heterocycles. The predicted octanol–water partition coefficient (Wildman–Crippen LogP) is 2.87. The average molecular weight is 275 g/mol. The van der Waals surface area contributed by atoms with E-state index >= 15 is 0 Å². The van der Waals surface area contributed by atoms with Gasteiger partial charge in [0.25, 0.3) is 0 Å². The minimum atomic E-state index is 0.113. The van der Waals surface area contributed by atoms with Gasteiger partial charge in [-0.2, -0.15) is 0 Å². The van der Waals surface area contributed by atoms with E-state index in [2.05, 4.69) is 15.9 Å². The molecule has 1 aromatic carbocycles. The first-order valence-electron chi connectivity index (χ1n) is 4.65. The summed E-state index contributed by atoms with van der Waals surface area (Å²) in [5.74, 6) is 2.20. The lowest BCUT2D eigenvalue weighted by molar-refractivity contribution is 0.245. The van der Waals surface area contributed by atoms with Gasteiger partial charge in [-0.05, 0) is 6.92 Å². The summed E-state index contributed by atoms with van der Waals surface area (Å²) in [5, 5.41) is 0.784. The van der Waals surface area contributed by atoms with E-state index in [4.69, 9.17) is 14.2 Å². The van der Waals surface area contributed by atoms with E-state index in [1.165, 1.54) is 0 Å². The Labute approximate surface area is 98.5 Å². The molecule has 0 aromatic heterocycles. The van der Waals surface area contributed by atoms with Crippen LogP contribution < -0.4 is 14.2 Å². The van der Waals surface area contributed by atoms with Gasteiger partial charge in [0, 0.05) is 23.5 Å². The van der Waals surface area contributed by atoms with Gasteiger partial charge in [0.05, 0.1) is 14.2 Å². The molecule has 0 aliphatic rings. The fourth-order valence-electron chi connectivity index (χ4n) is 1.11. The van der Waals surface area contributed by atoms with E-state index in [9.17, 15) is 0 Å². The molecule has 0 amide bonds. The van der Waals surface area contributed by atoms with Crippen molar-refractivity contribution in [2.75, 3.05) is 19.5 Å². The van der Waals surface area contributed by atoms with Crippen LogP contribution >= 0.6 is 15.9 Å². The van der Waals surface area contributed by atoms with E-state index in [0.717, 1.165) is 22.6 Å². The molecular weight excluding hydrogens is 260 g/mol. The second-order valence-electron chi connectivity index (χ2n) is 3.13. The molecule has 0 fully saturated rings. The Bertz CT molecular complexity index is 292. The Morgan fingerprint density at radius 1 is 1.07 bits per heavy atom. The third kappa shape index (κ3) is 3.63. The molecule has 0 heterocycles. The highest BCUT2D eigenvalue weighted by Crippen LogP contribution is 2.28. The van der Waals surface area contributed by atoms with Crippen LogP contribution in [0.1, 0.15) is 6.92 Å². The maximum Gasteiger partial charge on any atom is 0.127 e. The number of rotatable bonds is 5. The van der Waals surface area contributed by atoms with E-state index in [0.29, 0.717) is 0 Å². The van der Waals surface area contributed by atoms with Crippen molar-refractivity contribution in [3.63, 3.8) is 0 Å². The molecule has 0 N–H and O–H groups in total. The summed E-state index contributed by atoms with van der Waals surface area (Å²) in [6.45, 7) is 1.99. The molecule has 1 atom stereocenters. The van der Waals surface area contributed by atoms with Gasteiger partial charge < -0.3 is 14.2 Å². The maximum absolute atomic E-state index is 5.64. The van der Waals surface area contributed by atoms with E-state index in [1.807, 2.05) is 25.1 Å². The van der Waals surface area contributed by atoms with Gasteiger partial charge in [-0.1, -0.05) is 15.9 Å². The third-order valence-corrected chi connectivity index (χ3v) is 2.79. The van der Waals surface area contributed by atoms with Gasteiger partial charge in [0.15, 0.2) is 0 Å². The van der Waals surface area contributed by atoms with Gasteiger partial charge in [0.1, 0.15) is 23.4 Å². The number of hydrogen-bond donors (Lipinski definition) is 0. The molecule has 3 nitrogen and oxygen atoms in total. The summed E-state index contributed by atoms with van der Waals surface area (Å²) in [7, 11) is 3.24. The van der Waals surface area contributed by atoms with Gasteiger partial charge in [-0.3, -0.25) is 0 Å². The summed E-state index contributed by atoms with van der Waals surface area (Å²) in [4.78, 5) is 0. The van der Waals surface area contributed by atoms with Crippen molar-refractivity contribution in [3.8, 4) is 17.2 Å². The molecular formula is C11H15BrO3. The lowest BCUT2D eigenvalue weighted by Crippen LogP contribution is -2.12. The minimum Gasteiger partial charge on any atom is -0.496 e. The van der Waals surface area contributed by atoms with E-state index in [-0.39, 0.29) is 6.10 Å². The SMILES string of the molecule is COc1cc(OC)cc(OC(C)CBr)c1. The average Bonchev–Trinajstić information content (AvgIpc) is 2.28. The zero-order chi connectivity index (χ0) is 11.3. The largest absolute Gasteiger partial charge is 0.496 e. The third-order valence-electron chi connectivity index (χ3n) is 1.88. The van der Waals surface area contributed by atoms with Crippen molar-refractivity contribution in [2.45, 2.75) is 13.0 Å². The zero-order valence-electron chi connectivity index (χ0n) is 9.12. The lowest BCUT2D eigenvalue weighted by atomic mass is 10.3. The molecule has 1 aromatic rings. The first-order chi connectivity index (χ1) is 7.19. The normalized spacial score (nSPS) is 12.0. The van der Waals surface area contributed by atoms with Crippen LogP contribution in [0.25, 0.3) is 0 Å². The van der Waals surface area contributed by atoms with Crippen LogP contribution in [0.2, 0.25) is 0 Å². The number of methoxy groups -OCH3 is 2. The van der Waals surface area contributed by atoms with Crippen molar-refractivity contribution < 1.29 is 14.2 Å². The summed E-state index contributed by atoms with van der Waals surface area (Å²) >= 11 is 3.36. The van der Waals surface area contributed by atoms with Crippen molar-refractivity contribution in [3.05, 3.63) is 18.2 Å². The zero-order valence-corrected chi connectivity index (χ0v) is 10.7. The van der Waals surface area contributed by atoms with Crippen molar-refractivity contribution in [1.82, 2.24) is 0 Å². The standard InChI is InChI=1S/C11H15BrO3/c1-8(7-12)15-11-5-9(13-2)4-10(6-11)14-3/h4-6,8H,7H2,1-3H3. The Morgan fingerprint density at radius 3 is 1.93 bits per heavy atom. The molecule has 0 radical (unpaired) electrons. The summed E-state index contributed by atoms with van der Waals surface area (Å²) in [5.41, 5.74) is 0. The Kier molecular flexibility index (Phi) is 4.75.